The zero-order valence-electron chi connectivity index (χ0n) is 12.5. The van der Waals surface area contributed by atoms with Crippen LogP contribution in [0.5, 0.6) is 0 Å². The molecule has 0 amide bonds. The highest BCUT2D eigenvalue weighted by atomic mass is 15.0. The Morgan fingerprint density at radius 2 is 1.78 bits per heavy atom. The molecule has 0 aromatic carbocycles. The first-order chi connectivity index (χ1) is 8.52. The van der Waals surface area contributed by atoms with E-state index in [0.29, 0.717) is 12.1 Å². The average Bonchev–Trinajstić information content (AvgIpc) is 2.77. The number of rotatable bonds is 8. The fourth-order valence-corrected chi connectivity index (χ4v) is 2.51. The van der Waals surface area contributed by atoms with Crippen molar-refractivity contribution in [3.63, 3.8) is 0 Å². The van der Waals surface area contributed by atoms with Crippen LogP contribution in [0.25, 0.3) is 0 Å². The Labute approximate surface area is 112 Å². The molecule has 1 unspecified atom stereocenters. The molecular formula is C15H29N3. The molecule has 1 heterocycles. The van der Waals surface area contributed by atoms with E-state index in [1.807, 2.05) is 12.4 Å². The first-order valence-corrected chi connectivity index (χ1v) is 7.28. The number of hydrogen-bond acceptors (Lipinski definition) is 2. The van der Waals surface area contributed by atoms with Crippen LogP contribution < -0.4 is 5.32 Å². The molecule has 1 aromatic rings. The van der Waals surface area contributed by atoms with Gasteiger partial charge in [-0.05, 0) is 31.1 Å². The number of aromatic amines is 1. The summed E-state index contributed by atoms with van der Waals surface area (Å²) in [7, 11) is 0. The predicted octanol–water partition coefficient (Wildman–Crippen LogP) is 3.91. The molecule has 0 bridgehead atoms. The van der Waals surface area contributed by atoms with E-state index in [0.717, 1.165) is 24.1 Å². The highest BCUT2D eigenvalue weighted by Crippen LogP contribution is 2.19. The van der Waals surface area contributed by atoms with E-state index in [-0.39, 0.29) is 0 Å². The summed E-state index contributed by atoms with van der Waals surface area (Å²) < 4.78 is 0. The number of nitrogens with one attached hydrogen (secondary N) is 2. The highest BCUT2D eigenvalue weighted by molar-refractivity contribution is 4.96. The zero-order valence-corrected chi connectivity index (χ0v) is 12.5. The lowest BCUT2D eigenvalue weighted by atomic mass is 9.94. The average molecular weight is 251 g/mol. The number of hydrogen-bond donors (Lipinski definition) is 2. The van der Waals surface area contributed by atoms with Crippen LogP contribution in [0, 0.1) is 11.8 Å². The van der Waals surface area contributed by atoms with Crippen LogP contribution in [-0.2, 0) is 0 Å². The van der Waals surface area contributed by atoms with Gasteiger partial charge in [-0.3, -0.25) is 0 Å². The standard InChI is InChI=1S/C15H29N3/c1-6-14(15-16-7-8-17-15)18-13(9-11(2)3)10-12(4)5/h7-8,11-14,18H,6,9-10H2,1-5H3,(H,16,17). The summed E-state index contributed by atoms with van der Waals surface area (Å²) in [6, 6.07) is 0.933. The molecule has 1 atom stereocenters. The molecule has 0 saturated heterocycles. The van der Waals surface area contributed by atoms with Crippen LogP contribution >= 0.6 is 0 Å². The van der Waals surface area contributed by atoms with Crippen molar-refractivity contribution in [1.29, 1.82) is 0 Å². The van der Waals surface area contributed by atoms with E-state index < -0.39 is 0 Å². The number of H-pyrrole nitrogens is 1. The van der Waals surface area contributed by atoms with Crippen LogP contribution in [0.1, 0.15) is 65.7 Å². The molecule has 0 aliphatic heterocycles. The first-order valence-electron chi connectivity index (χ1n) is 7.28. The molecule has 104 valence electrons. The summed E-state index contributed by atoms with van der Waals surface area (Å²) in [6.07, 6.45) is 7.27. The van der Waals surface area contributed by atoms with E-state index in [2.05, 4.69) is 49.9 Å². The van der Waals surface area contributed by atoms with Crippen LogP contribution in [0.2, 0.25) is 0 Å². The van der Waals surface area contributed by atoms with E-state index in [9.17, 15) is 0 Å². The Morgan fingerprint density at radius 1 is 1.17 bits per heavy atom. The van der Waals surface area contributed by atoms with E-state index in [4.69, 9.17) is 0 Å². The Bertz CT molecular complexity index is 294. The van der Waals surface area contributed by atoms with Crippen molar-refractivity contribution in [2.24, 2.45) is 11.8 Å². The van der Waals surface area contributed by atoms with Crippen molar-refractivity contribution >= 4 is 0 Å². The SMILES string of the molecule is CCC(NC(CC(C)C)CC(C)C)c1ncc[nH]1. The second kappa shape index (κ2) is 7.57. The molecule has 0 radical (unpaired) electrons. The molecule has 0 aliphatic rings. The van der Waals surface area contributed by atoms with Crippen molar-refractivity contribution in [3.05, 3.63) is 18.2 Å². The predicted molar refractivity (Wildman–Crippen MR) is 77.5 cm³/mol. The molecule has 1 aromatic heterocycles. The van der Waals surface area contributed by atoms with Gasteiger partial charge < -0.3 is 10.3 Å². The van der Waals surface area contributed by atoms with Gasteiger partial charge in [-0.25, -0.2) is 4.98 Å². The first kappa shape index (κ1) is 15.2. The van der Waals surface area contributed by atoms with Gasteiger partial charge in [0.1, 0.15) is 5.82 Å². The van der Waals surface area contributed by atoms with Gasteiger partial charge in [-0.2, -0.15) is 0 Å². The molecule has 2 N–H and O–H groups in total. The van der Waals surface area contributed by atoms with Crippen molar-refractivity contribution in [2.45, 2.75) is 66.0 Å². The normalized spacial score (nSPS) is 13.8. The van der Waals surface area contributed by atoms with Gasteiger partial charge in [0.2, 0.25) is 0 Å². The second-order valence-electron chi connectivity index (χ2n) is 6.06. The molecule has 3 nitrogen and oxygen atoms in total. The fraction of sp³-hybridized carbons (Fsp3) is 0.800. The third kappa shape index (κ3) is 5.21. The van der Waals surface area contributed by atoms with Gasteiger partial charge in [0, 0.05) is 18.4 Å². The summed E-state index contributed by atoms with van der Waals surface area (Å²) in [5, 5.41) is 3.78. The van der Waals surface area contributed by atoms with Crippen LogP contribution in [0.3, 0.4) is 0 Å². The van der Waals surface area contributed by atoms with Crippen molar-refractivity contribution in [1.82, 2.24) is 15.3 Å². The Morgan fingerprint density at radius 3 is 2.17 bits per heavy atom. The molecule has 0 saturated carbocycles. The number of nitrogens with zero attached hydrogens (tertiary/aromatic N) is 1. The maximum absolute atomic E-state index is 4.38. The topological polar surface area (TPSA) is 40.7 Å². The van der Waals surface area contributed by atoms with Crippen molar-refractivity contribution in [3.8, 4) is 0 Å². The summed E-state index contributed by atoms with van der Waals surface area (Å²) in [4.78, 5) is 7.61. The van der Waals surface area contributed by atoms with Crippen molar-refractivity contribution in [2.75, 3.05) is 0 Å². The summed E-state index contributed by atoms with van der Waals surface area (Å²) in [5.41, 5.74) is 0. The van der Waals surface area contributed by atoms with Gasteiger partial charge >= 0.3 is 0 Å². The minimum Gasteiger partial charge on any atom is -0.347 e. The minimum absolute atomic E-state index is 0.350. The Hall–Kier alpha value is -0.830. The molecule has 0 spiro atoms. The van der Waals surface area contributed by atoms with E-state index >= 15 is 0 Å². The molecule has 0 fully saturated rings. The van der Waals surface area contributed by atoms with Crippen LogP contribution in [0.15, 0.2) is 12.4 Å². The van der Waals surface area contributed by atoms with E-state index in [1.165, 1.54) is 12.8 Å². The van der Waals surface area contributed by atoms with Crippen LogP contribution in [0.4, 0.5) is 0 Å². The lowest BCUT2D eigenvalue weighted by Gasteiger charge is -2.26. The third-order valence-electron chi connectivity index (χ3n) is 3.21. The maximum atomic E-state index is 4.38. The summed E-state index contributed by atoms with van der Waals surface area (Å²) in [5.74, 6) is 2.53. The third-order valence-corrected chi connectivity index (χ3v) is 3.21. The number of imidazole rings is 1. The van der Waals surface area contributed by atoms with Gasteiger partial charge in [-0.15, -0.1) is 0 Å². The highest BCUT2D eigenvalue weighted by Gasteiger charge is 2.19. The summed E-state index contributed by atoms with van der Waals surface area (Å²) >= 11 is 0. The number of aromatic nitrogens is 2. The zero-order chi connectivity index (χ0) is 13.5. The van der Waals surface area contributed by atoms with Gasteiger partial charge in [-0.1, -0.05) is 34.6 Å². The van der Waals surface area contributed by atoms with Crippen molar-refractivity contribution < 1.29 is 0 Å². The largest absolute Gasteiger partial charge is 0.347 e. The second-order valence-corrected chi connectivity index (χ2v) is 6.06. The minimum atomic E-state index is 0.350. The quantitative estimate of drug-likeness (QED) is 0.735. The van der Waals surface area contributed by atoms with Gasteiger partial charge in [0.05, 0.1) is 6.04 Å². The monoisotopic (exact) mass is 251 g/mol. The lowest BCUT2D eigenvalue weighted by Crippen LogP contribution is -2.35. The Balaban J connectivity index is 2.62. The Kier molecular flexibility index (Phi) is 6.41. The van der Waals surface area contributed by atoms with Gasteiger partial charge in [0.15, 0.2) is 0 Å². The van der Waals surface area contributed by atoms with E-state index in [1.54, 1.807) is 0 Å². The molecule has 3 heteroatoms. The van der Waals surface area contributed by atoms with Crippen LogP contribution in [-0.4, -0.2) is 16.0 Å². The fourth-order valence-electron chi connectivity index (χ4n) is 2.51. The summed E-state index contributed by atoms with van der Waals surface area (Å²) in [6.45, 7) is 11.4. The molecular weight excluding hydrogens is 222 g/mol. The maximum Gasteiger partial charge on any atom is 0.123 e. The van der Waals surface area contributed by atoms with Gasteiger partial charge in [0.25, 0.3) is 0 Å². The lowest BCUT2D eigenvalue weighted by molar-refractivity contribution is 0.319. The smallest absolute Gasteiger partial charge is 0.123 e. The molecule has 18 heavy (non-hydrogen) atoms. The molecule has 1 rings (SSSR count). The molecule has 0 aliphatic carbocycles.